The maximum absolute atomic E-state index is 13.2. The van der Waals surface area contributed by atoms with Gasteiger partial charge in [-0.2, -0.15) is 0 Å². The lowest BCUT2D eigenvalue weighted by atomic mass is 10.0. The molecule has 7 heteroatoms. The molecular weight excluding hydrogens is 374 g/mol. The fourth-order valence-corrected chi connectivity index (χ4v) is 3.88. The van der Waals surface area contributed by atoms with Crippen LogP contribution in [0.25, 0.3) is 5.69 Å². The molecular formula is C21H32ClN5O. The van der Waals surface area contributed by atoms with Crippen LogP contribution in [0.5, 0.6) is 0 Å². The number of rotatable bonds is 6. The summed E-state index contributed by atoms with van der Waals surface area (Å²) in [6.45, 7) is 9.86. The highest BCUT2D eigenvalue weighted by molar-refractivity contribution is 5.93. The summed E-state index contributed by atoms with van der Waals surface area (Å²) in [6.07, 6.45) is 2.65. The van der Waals surface area contributed by atoms with Gasteiger partial charge in [-0.05, 0) is 55.8 Å². The number of hydrogen-bond acceptors (Lipinski definition) is 4. The first-order valence-electron chi connectivity index (χ1n) is 10.0. The fraction of sp³-hybridized carbons (Fsp3) is 0.571. The molecule has 2 aromatic rings. The van der Waals surface area contributed by atoms with E-state index in [1.807, 2.05) is 21.7 Å². The monoisotopic (exact) mass is 405 g/mol. The van der Waals surface area contributed by atoms with Crippen LogP contribution in [0.3, 0.4) is 0 Å². The molecule has 1 fully saturated rings. The van der Waals surface area contributed by atoms with Gasteiger partial charge in [0, 0.05) is 12.6 Å². The van der Waals surface area contributed by atoms with Crippen molar-refractivity contribution >= 4 is 18.3 Å². The number of benzene rings is 1. The molecule has 0 aliphatic carbocycles. The first-order chi connectivity index (χ1) is 13.0. The van der Waals surface area contributed by atoms with Crippen LogP contribution in [-0.4, -0.2) is 44.9 Å². The molecule has 154 valence electrons. The Morgan fingerprint density at radius 3 is 2.71 bits per heavy atom. The average molecular weight is 406 g/mol. The number of nitrogens with zero attached hydrogens (tertiary/aromatic N) is 4. The van der Waals surface area contributed by atoms with Gasteiger partial charge in [-0.3, -0.25) is 4.79 Å². The van der Waals surface area contributed by atoms with Crippen LogP contribution in [-0.2, 0) is 6.42 Å². The molecule has 0 bridgehead atoms. The first-order valence-corrected chi connectivity index (χ1v) is 10.0. The number of hydrogen-bond donors (Lipinski definition) is 1. The Morgan fingerprint density at radius 2 is 2.11 bits per heavy atom. The van der Waals surface area contributed by atoms with E-state index in [4.69, 9.17) is 5.73 Å². The molecule has 0 spiro atoms. The fourth-order valence-electron chi connectivity index (χ4n) is 3.88. The van der Waals surface area contributed by atoms with E-state index in [-0.39, 0.29) is 24.4 Å². The molecule has 0 saturated carbocycles. The summed E-state index contributed by atoms with van der Waals surface area (Å²) >= 11 is 0. The molecule has 2 heterocycles. The highest BCUT2D eigenvalue weighted by Gasteiger charge is 2.34. The predicted octanol–water partition coefficient (Wildman–Crippen LogP) is 3.57. The number of likely N-dealkylation sites (tertiary alicyclic amines) is 1. The topological polar surface area (TPSA) is 77.0 Å². The molecule has 1 saturated heterocycles. The number of nitrogens with two attached hydrogens (primary N) is 1. The Labute approximate surface area is 173 Å². The van der Waals surface area contributed by atoms with Crippen molar-refractivity contribution in [3.63, 3.8) is 0 Å². The van der Waals surface area contributed by atoms with Crippen LogP contribution in [0.2, 0.25) is 0 Å². The zero-order valence-corrected chi connectivity index (χ0v) is 18.1. The molecule has 3 rings (SSSR count). The second-order valence-electron chi connectivity index (χ2n) is 7.94. The van der Waals surface area contributed by atoms with E-state index in [0.29, 0.717) is 30.6 Å². The molecule has 1 aliphatic heterocycles. The molecule has 6 nitrogen and oxygen atoms in total. The molecule has 1 aromatic carbocycles. The van der Waals surface area contributed by atoms with Crippen LogP contribution in [0.15, 0.2) is 24.3 Å². The zero-order chi connectivity index (χ0) is 19.6. The minimum atomic E-state index is -0.0202. The van der Waals surface area contributed by atoms with Gasteiger partial charge in [-0.25, -0.2) is 4.68 Å². The van der Waals surface area contributed by atoms with E-state index >= 15 is 0 Å². The van der Waals surface area contributed by atoms with Crippen molar-refractivity contribution in [2.24, 2.45) is 11.7 Å². The van der Waals surface area contributed by atoms with Crippen LogP contribution in [0, 0.1) is 5.92 Å². The lowest BCUT2D eigenvalue weighted by molar-refractivity contribution is 0.0736. The van der Waals surface area contributed by atoms with Gasteiger partial charge in [0.25, 0.3) is 5.91 Å². The second-order valence-corrected chi connectivity index (χ2v) is 7.94. The van der Waals surface area contributed by atoms with E-state index in [0.717, 1.165) is 30.6 Å². The summed E-state index contributed by atoms with van der Waals surface area (Å²) in [5, 5.41) is 8.66. The summed E-state index contributed by atoms with van der Waals surface area (Å²) in [4.78, 5) is 15.1. The van der Waals surface area contributed by atoms with Crippen LogP contribution in [0.4, 0.5) is 0 Å². The van der Waals surface area contributed by atoms with Crippen molar-refractivity contribution < 1.29 is 4.79 Å². The molecule has 0 radical (unpaired) electrons. The standard InChI is InChI=1S/C21H31N5O.ClH/c1-5-7-19-20(21(27)25-13-16(12-22)10-15(25)4)23-24-26(19)18-9-6-8-17(11-18)14(2)3;/h6,8-9,11,14-16H,5,7,10,12-13,22H2,1-4H3;1H. The van der Waals surface area contributed by atoms with Gasteiger partial charge in [0.1, 0.15) is 0 Å². The summed E-state index contributed by atoms with van der Waals surface area (Å²) in [5.74, 6) is 0.785. The average Bonchev–Trinajstić information content (AvgIpc) is 3.25. The lowest BCUT2D eigenvalue weighted by Crippen LogP contribution is -2.35. The summed E-state index contributed by atoms with van der Waals surface area (Å²) in [7, 11) is 0. The van der Waals surface area contributed by atoms with Gasteiger partial charge < -0.3 is 10.6 Å². The smallest absolute Gasteiger partial charge is 0.276 e. The Kier molecular flexibility index (Phi) is 7.61. The Balaban J connectivity index is 0.00000280. The number of carbonyl (C=O) groups is 1. The lowest BCUT2D eigenvalue weighted by Gasteiger charge is -2.21. The first kappa shape index (κ1) is 22.4. The van der Waals surface area contributed by atoms with E-state index in [9.17, 15) is 4.79 Å². The van der Waals surface area contributed by atoms with Crippen molar-refractivity contribution in [1.29, 1.82) is 0 Å². The van der Waals surface area contributed by atoms with Gasteiger partial charge in [0.05, 0.1) is 11.4 Å². The molecule has 2 unspecified atom stereocenters. The second kappa shape index (κ2) is 9.52. The molecule has 1 aliphatic rings. The molecule has 2 atom stereocenters. The third-order valence-electron chi connectivity index (χ3n) is 5.49. The maximum atomic E-state index is 13.2. The third kappa shape index (κ3) is 4.39. The summed E-state index contributed by atoms with van der Waals surface area (Å²) in [5.41, 5.74) is 9.41. The largest absolute Gasteiger partial charge is 0.334 e. The minimum absolute atomic E-state index is 0. The van der Waals surface area contributed by atoms with Crippen molar-refractivity contribution in [3.05, 3.63) is 41.2 Å². The Bertz CT molecular complexity index is 804. The van der Waals surface area contributed by atoms with Gasteiger partial charge in [-0.15, -0.1) is 17.5 Å². The SMILES string of the molecule is CCCc1c(C(=O)N2CC(CN)CC2C)nnn1-c1cccc(C(C)C)c1.Cl. The molecule has 1 amide bonds. The zero-order valence-electron chi connectivity index (χ0n) is 17.3. The Morgan fingerprint density at radius 1 is 1.36 bits per heavy atom. The highest BCUT2D eigenvalue weighted by atomic mass is 35.5. The van der Waals surface area contributed by atoms with Crippen molar-refractivity contribution in [2.45, 2.75) is 58.9 Å². The van der Waals surface area contributed by atoms with Crippen LogP contribution >= 0.6 is 12.4 Å². The van der Waals surface area contributed by atoms with E-state index in [1.165, 1.54) is 5.56 Å². The number of carbonyl (C=O) groups excluding carboxylic acids is 1. The predicted molar refractivity (Wildman–Crippen MR) is 114 cm³/mol. The molecule has 28 heavy (non-hydrogen) atoms. The van der Waals surface area contributed by atoms with Crippen molar-refractivity contribution in [3.8, 4) is 5.69 Å². The number of amides is 1. The van der Waals surface area contributed by atoms with Gasteiger partial charge in [-0.1, -0.05) is 44.5 Å². The Hall–Kier alpha value is -1.92. The highest BCUT2D eigenvalue weighted by Crippen LogP contribution is 2.26. The van der Waals surface area contributed by atoms with Crippen LogP contribution in [0.1, 0.15) is 68.2 Å². The van der Waals surface area contributed by atoms with E-state index < -0.39 is 0 Å². The summed E-state index contributed by atoms with van der Waals surface area (Å²) in [6, 6.07) is 8.51. The van der Waals surface area contributed by atoms with Gasteiger partial charge in [0.2, 0.25) is 0 Å². The van der Waals surface area contributed by atoms with Gasteiger partial charge >= 0.3 is 0 Å². The maximum Gasteiger partial charge on any atom is 0.276 e. The van der Waals surface area contributed by atoms with Crippen LogP contribution < -0.4 is 5.73 Å². The normalized spacial score (nSPS) is 19.1. The van der Waals surface area contributed by atoms with Crippen molar-refractivity contribution in [1.82, 2.24) is 19.9 Å². The number of halogens is 1. The number of aromatic nitrogens is 3. The van der Waals surface area contributed by atoms with E-state index in [2.05, 4.69) is 50.1 Å². The third-order valence-corrected chi connectivity index (χ3v) is 5.49. The van der Waals surface area contributed by atoms with Gasteiger partial charge in [0.15, 0.2) is 5.69 Å². The molecule has 1 aromatic heterocycles. The quantitative estimate of drug-likeness (QED) is 0.796. The van der Waals surface area contributed by atoms with E-state index in [1.54, 1.807) is 0 Å². The minimum Gasteiger partial charge on any atom is -0.334 e. The van der Waals surface area contributed by atoms with Crippen molar-refractivity contribution in [2.75, 3.05) is 13.1 Å². The molecule has 2 N–H and O–H groups in total. The summed E-state index contributed by atoms with van der Waals surface area (Å²) < 4.78 is 1.84.